The van der Waals surface area contributed by atoms with Crippen molar-refractivity contribution >= 4 is 17.6 Å². The topological polar surface area (TPSA) is 106 Å². The summed E-state index contributed by atoms with van der Waals surface area (Å²) in [7, 11) is 0. The molecule has 0 saturated carbocycles. The van der Waals surface area contributed by atoms with Crippen LogP contribution in [0.5, 0.6) is 0 Å². The third-order valence-electron chi connectivity index (χ3n) is 1.80. The van der Waals surface area contributed by atoms with Crippen molar-refractivity contribution < 1.29 is 14.7 Å². The normalized spacial score (nSPS) is 9.00. The number of aromatic carboxylic acids is 1. The predicted octanol–water partition coefficient (Wildman–Crippen LogP) is 0.194. The Balaban J connectivity index is 3.14. The van der Waals surface area contributed by atoms with Crippen LogP contribution >= 0.6 is 0 Å². The average Bonchev–Trinajstić information content (AvgIpc) is 2.19. The number of benzene rings is 1. The fourth-order valence-electron chi connectivity index (χ4n) is 1.11. The van der Waals surface area contributed by atoms with Gasteiger partial charge in [-0.15, -0.1) is 0 Å². The van der Waals surface area contributed by atoms with E-state index in [9.17, 15) is 9.59 Å². The lowest BCUT2D eigenvalue weighted by Gasteiger charge is -2.01. The first-order valence-electron chi connectivity index (χ1n) is 4.41. The molecule has 1 amide bonds. The second-order valence-electron chi connectivity index (χ2n) is 3.02. The number of carbonyl (C=O) groups is 2. The number of primary amides is 1. The highest BCUT2D eigenvalue weighted by Gasteiger charge is 2.10. The first kappa shape index (κ1) is 11.6. The molecule has 0 spiro atoms. The summed E-state index contributed by atoms with van der Waals surface area (Å²) >= 11 is 0. The van der Waals surface area contributed by atoms with Crippen molar-refractivity contribution in [3.05, 3.63) is 29.3 Å². The molecule has 0 unspecified atom stereocenters. The van der Waals surface area contributed by atoms with E-state index in [1.54, 1.807) is 6.07 Å². The molecule has 0 aliphatic carbocycles. The Morgan fingerprint density at radius 1 is 1.38 bits per heavy atom. The summed E-state index contributed by atoms with van der Waals surface area (Å²) in [6, 6.07) is 4.46. The molecule has 0 bridgehead atoms. The van der Waals surface area contributed by atoms with Crippen LogP contribution in [0.4, 0.5) is 5.69 Å². The van der Waals surface area contributed by atoms with Gasteiger partial charge >= 0.3 is 5.97 Å². The van der Waals surface area contributed by atoms with Gasteiger partial charge in [-0.3, -0.25) is 4.79 Å². The third-order valence-corrected chi connectivity index (χ3v) is 1.80. The number of nitrogens with two attached hydrogens (primary N) is 2. The lowest BCUT2D eigenvalue weighted by atomic mass is 10.1. The predicted molar refractivity (Wildman–Crippen MR) is 58.5 cm³/mol. The van der Waals surface area contributed by atoms with E-state index in [-0.39, 0.29) is 23.2 Å². The summed E-state index contributed by atoms with van der Waals surface area (Å²) in [5.74, 6) is 3.32. The summed E-state index contributed by atoms with van der Waals surface area (Å²) in [6.45, 7) is 0. The number of anilines is 1. The van der Waals surface area contributed by atoms with Gasteiger partial charge in [0.15, 0.2) is 0 Å². The minimum Gasteiger partial charge on any atom is -0.478 e. The van der Waals surface area contributed by atoms with Gasteiger partial charge in [0.1, 0.15) is 0 Å². The van der Waals surface area contributed by atoms with Crippen LogP contribution < -0.4 is 11.5 Å². The molecule has 1 rings (SSSR count). The van der Waals surface area contributed by atoms with Crippen molar-refractivity contribution in [1.29, 1.82) is 0 Å². The Kier molecular flexibility index (Phi) is 3.51. The first-order chi connectivity index (χ1) is 7.52. The van der Waals surface area contributed by atoms with Crippen molar-refractivity contribution in [2.45, 2.75) is 6.42 Å². The highest BCUT2D eigenvalue weighted by Crippen LogP contribution is 2.15. The molecule has 5 N–H and O–H groups in total. The van der Waals surface area contributed by atoms with Gasteiger partial charge in [0.05, 0.1) is 17.5 Å². The van der Waals surface area contributed by atoms with Gasteiger partial charge in [0, 0.05) is 5.69 Å². The van der Waals surface area contributed by atoms with Crippen molar-refractivity contribution in [1.82, 2.24) is 0 Å². The maximum atomic E-state index is 10.9. The molecule has 1 aromatic carbocycles. The monoisotopic (exact) mass is 218 g/mol. The molecule has 0 heterocycles. The molecule has 16 heavy (non-hydrogen) atoms. The summed E-state index contributed by atoms with van der Waals surface area (Å²) < 4.78 is 0. The number of hydrogen-bond donors (Lipinski definition) is 3. The van der Waals surface area contributed by atoms with Gasteiger partial charge in [0.2, 0.25) is 5.91 Å². The second-order valence-corrected chi connectivity index (χ2v) is 3.02. The number of nitrogen functional groups attached to an aromatic ring is 1. The number of amides is 1. The van der Waals surface area contributed by atoms with Crippen molar-refractivity contribution in [3.63, 3.8) is 0 Å². The van der Waals surface area contributed by atoms with Crippen LogP contribution in [0.25, 0.3) is 0 Å². The Morgan fingerprint density at radius 2 is 2.06 bits per heavy atom. The van der Waals surface area contributed by atoms with Crippen LogP contribution in [-0.4, -0.2) is 17.0 Å². The number of hydrogen-bond acceptors (Lipinski definition) is 3. The maximum absolute atomic E-state index is 10.9. The molecule has 0 fully saturated rings. The van der Waals surface area contributed by atoms with E-state index in [2.05, 4.69) is 11.8 Å². The van der Waals surface area contributed by atoms with Crippen molar-refractivity contribution in [2.75, 3.05) is 5.73 Å². The van der Waals surface area contributed by atoms with E-state index in [0.29, 0.717) is 0 Å². The molecule has 5 nitrogen and oxygen atoms in total. The van der Waals surface area contributed by atoms with Crippen LogP contribution in [-0.2, 0) is 4.79 Å². The smallest absolute Gasteiger partial charge is 0.337 e. The summed E-state index contributed by atoms with van der Waals surface area (Å²) in [5, 5.41) is 8.88. The molecule has 5 heteroatoms. The first-order valence-corrected chi connectivity index (χ1v) is 4.41. The minimum absolute atomic E-state index is 0.0111. The average molecular weight is 218 g/mol. The van der Waals surface area contributed by atoms with Crippen LogP contribution in [0, 0.1) is 11.8 Å². The van der Waals surface area contributed by atoms with E-state index < -0.39 is 11.9 Å². The summed E-state index contributed by atoms with van der Waals surface area (Å²) in [6.07, 6.45) is -0.132. The van der Waals surface area contributed by atoms with Crippen molar-refractivity contribution in [2.24, 2.45) is 5.73 Å². The van der Waals surface area contributed by atoms with Gasteiger partial charge in [-0.05, 0) is 12.1 Å². The molecule has 0 saturated heterocycles. The van der Waals surface area contributed by atoms with Crippen molar-refractivity contribution in [3.8, 4) is 11.8 Å². The minimum atomic E-state index is -1.12. The lowest BCUT2D eigenvalue weighted by Crippen LogP contribution is -2.08. The standard InChI is InChI=1S/C11H10N2O3/c12-9-5-1-4-8(11(15)16)7(9)3-2-6-10(13)14/h1,4-5H,6,12H2,(H2,13,14)(H,15,16). The Morgan fingerprint density at radius 3 is 2.62 bits per heavy atom. The fourth-order valence-corrected chi connectivity index (χ4v) is 1.11. The highest BCUT2D eigenvalue weighted by molar-refractivity contribution is 5.93. The molecule has 0 aromatic heterocycles. The van der Waals surface area contributed by atoms with E-state index >= 15 is 0 Å². The molecule has 0 aliphatic rings. The third kappa shape index (κ3) is 2.75. The van der Waals surface area contributed by atoms with Gasteiger partial charge < -0.3 is 16.6 Å². The molecule has 1 aromatic rings. The fraction of sp³-hybridized carbons (Fsp3) is 0.0909. The molecular weight excluding hydrogens is 208 g/mol. The number of carboxylic acid groups (broad SMARTS) is 1. The quantitative estimate of drug-likeness (QED) is 0.486. The molecule has 0 aliphatic heterocycles. The van der Waals surface area contributed by atoms with E-state index in [1.165, 1.54) is 12.1 Å². The molecular formula is C11H10N2O3. The Hall–Kier alpha value is -2.48. The van der Waals surface area contributed by atoms with Gasteiger partial charge in [-0.25, -0.2) is 4.79 Å². The zero-order valence-corrected chi connectivity index (χ0v) is 8.36. The van der Waals surface area contributed by atoms with Crippen LogP contribution in [0.3, 0.4) is 0 Å². The zero-order chi connectivity index (χ0) is 12.1. The number of carboxylic acids is 1. The SMILES string of the molecule is NC(=O)CC#Cc1c(N)cccc1C(=O)O. The van der Waals surface area contributed by atoms with Crippen LogP contribution in [0.1, 0.15) is 22.3 Å². The van der Waals surface area contributed by atoms with Crippen LogP contribution in [0.2, 0.25) is 0 Å². The Labute approximate surface area is 92.1 Å². The van der Waals surface area contributed by atoms with E-state index in [0.717, 1.165) is 0 Å². The van der Waals surface area contributed by atoms with Gasteiger partial charge in [-0.2, -0.15) is 0 Å². The molecule has 82 valence electrons. The Bertz CT molecular complexity index is 498. The highest BCUT2D eigenvalue weighted by atomic mass is 16.4. The van der Waals surface area contributed by atoms with Gasteiger partial charge in [0.25, 0.3) is 0 Å². The largest absolute Gasteiger partial charge is 0.478 e. The molecule has 0 radical (unpaired) electrons. The maximum Gasteiger partial charge on any atom is 0.337 e. The zero-order valence-electron chi connectivity index (χ0n) is 8.36. The number of rotatable bonds is 2. The van der Waals surface area contributed by atoms with E-state index in [1.807, 2.05) is 0 Å². The molecule has 0 atom stereocenters. The lowest BCUT2D eigenvalue weighted by molar-refractivity contribution is -0.117. The van der Waals surface area contributed by atoms with Crippen LogP contribution in [0.15, 0.2) is 18.2 Å². The van der Waals surface area contributed by atoms with E-state index in [4.69, 9.17) is 16.6 Å². The number of carbonyl (C=O) groups excluding carboxylic acids is 1. The second kappa shape index (κ2) is 4.84. The summed E-state index contributed by atoms with van der Waals surface area (Å²) in [4.78, 5) is 21.3. The van der Waals surface area contributed by atoms with Gasteiger partial charge in [-0.1, -0.05) is 17.9 Å². The summed E-state index contributed by atoms with van der Waals surface area (Å²) in [5.41, 5.74) is 11.0.